The van der Waals surface area contributed by atoms with Crippen LogP contribution in [0.15, 0.2) is 30.5 Å². The number of halogens is 1. The highest BCUT2D eigenvalue weighted by Crippen LogP contribution is 2.38. The van der Waals surface area contributed by atoms with Gasteiger partial charge in [0.2, 0.25) is 5.88 Å². The minimum atomic E-state index is 0.588. The summed E-state index contributed by atoms with van der Waals surface area (Å²) in [6, 6.07) is 8.39. The lowest BCUT2D eigenvalue weighted by molar-refractivity contribution is 0.399. The Hall–Kier alpha value is -2.00. The number of aromatic amines is 1. The van der Waals surface area contributed by atoms with Crippen molar-refractivity contribution in [1.82, 2.24) is 9.97 Å². The molecule has 21 heavy (non-hydrogen) atoms. The molecule has 2 heterocycles. The summed E-state index contributed by atoms with van der Waals surface area (Å²) in [6.07, 6.45) is 2.61. The SMILES string of the molecule is CCc1ccc2[nH]c(C)c(-c3cc(Cl)cnc3OC)c2c1. The largest absolute Gasteiger partial charge is 0.481 e. The van der Waals surface area contributed by atoms with Gasteiger partial charge >= 0.3 is 0 Å². The number of aromatic nitrogens is 2. The molecule has 0 saturated carbocycles. The number of ether oxygens (including phenoxy) is 1. The number of H-pyrrole nitrogens is 1. The Labute approximate surface area is 128 Å². The van der Waals surface area contributed by atoms with E-state index in [-0.39, 0.29) is 0 Å². The summed E-state index contributed by atoms with van der Waals surface area (Å²) in [4.78, 5) is 7.70. The normalized spacial score (nSPS) is 11.0. The van der Waals surface area contributed by atoms with E-state index in [9.17, 15) is 0 Å². The zero-order chi connectivity index (χ0) is 15.0. The molecule has 0 amide bonds. The lowest BCUT2D eigenvalue weighted by atomic mass is 10.0. The number of hydrogen-bond donors (Lipinski definition) is 1. The molecular weight excluding hydrogens is 284 g/mol. The molecule has 1 aromatic carbocycles. The van der Waals surface area contributed by atoms with Gasteiger partial charge < -0.3 is 9.72 Å². The summed E-state index contributed by atoms with van der Waals surface area (Å²) in [7, 11) is 1.63. The molecule has 0 aliphatic heterocycles. The molecule has 108 valence electrons. The Balaban J connectivity index is 2.33. The van der Waals surface area contributed by atoms with Crippen LogP contribution in [0.25, 0.3) is 22.0 Å². The number of pyridine rings is 1. The molecule has 0 spiro atoms. The van der Waals surface area contributed by atoms with Crippen LogP contribution in [0.5, 0.6) is 5.88 Å². The molecule has 3 aromatic rings. The van der Waals surface area contributed by atoms with Crippen LogP contribution in [-0.2, 0) is 6.42 Å². The maximum absolute atomic E-state index is 6.12. The number of nitrogens with one attached hydrogen (secondary N) is 1. The topological polar surface area (TPSA) is 37.9 Å². The van der Waals surface area contributed by atoms with Crippen LogP contribution in [0.3, 0.4) is 0 Å². The van der Waals surface area contributed by atoms with Gasteiger partial charge in [0.25, 0.3) is 0 Å². The second kappa shape index (κ2) is 5.41. The first-order valence-corrected chi connectivity index (χ1v) is 7.33. The van der Waals surface area contributed by atoms with Gasteiger partial charge in [-0.2, -0.15) is 0 Å². The predicted molar refractivity (Wildman–Crippen MR) is 87.2 cm³/mol. The van der Waals surface area contributed by atoms with Crippen LogP contribution < -0.4 is 4.74 Å². The molecule has 0 radical (unpaired) electrons. The zero-order valence-corrected chi connectivity index (χ0v) is 13.1. The summed E-state index contributed by atoms with van der Waals surface area (Å²) >= 11 is 6.12. The molecule has 2 aromatic heterocycles. The molecule has 4 heteroatoms. The molecule has 3 nitrogen and oxygen atoms in total. The van der Waals surface area contributed by atoms with Gasteiger partial charge in [-0.05, 0) is 37.1 Å². The van der Waals surface area contributed by atoms with Crippen LogP contribution in [0.2, 0.25) is 5.02 Å². The number of rotatable bonds is 3. The minimum absolute atomic E-state index is 0.588. The van der Waals surface area contributed by atoms with E-state index in [2.05, 4.69) is 42.0 Å². The van der Waals surface area contributed by atoms with Gasteiger partial charge in [-0.15, -0.1) is 0 Å². The molecule has 3 rings (SSSR count). The van der Waals surface area contributed by atoms with Crippen molar-refractivity contribution >= 4 is 22.5 Å². The van der Waals surface area contributed by atoms with Crippen LogP contribution in [0.4, 0.5) is 0 Å². The highest BCUT2D eigenvalue weighted by Gasteiger charge is 2.16. The Morgan fingerprint density at radius 2 is 2.10 bits per heavy atom. The first-order chi connectivity index (χ1) is 10.1. The summed E-state index contributed by atoms with van der Waals surface area (Å²) in [6.45, 7) is 4.21. The Kier molecular flexibility index (Phi) is 3.60. The number of fused-ring (bicyclic) bond motifs is 1. The molecule has 0 fully saturated rings. The van der Waals surface area contributed by atoms with E-state index < -0.39 is 0 Å². The highest BCUT2D eigenvalue weighted by atomic mass is 35.5. The molecule has 0 saturated heterocycles. The lowest BCUT2D eigenvalue weighted by Crippen LogP contribution is -1.92. The number of methoxy groups -OCH3 is 1. The lowest BCUT2D eigenvalue weighted by Gasteiger charge is -2.08. The molecule has 0 aliphatic rings. The van der Waals surface area contributed by atoms with E-state index >= 15 is 0 Å². The quantitative estimate of drug-likeness (QED) is 0.757. The second-order valence-corrected chi connectivity index (χ2v) is 5.51. The molecular formula is C17H17ClN2O. The summed E-state index contributed by atoms with van der Waals surface area (Å²) in [5, 5.41) is 1.78. The van der Waals surface area contributed by atoms with Crippen molar-refractivity contribution in [2.45, 2.75) is 20.3 Å². The molecule has 1 N–H and O–H groups in total. The molecule has 0 atom stereocenters. The Morgan fingerprint density at radius 1 is 1.29 bits per heavy atom. The fraction of sp³-hybridized carbons (Fsp3) is 0.235. The van der Waals surface area contributed by atoms with Crippen molar-refractivity contribution in [2.24, 2.45) is 0 Å². The Bertz CT molecular complexity index is 808. The highest BCUT2D eigenvalue weighted by molar-refractivity contribution is 6.30. The minimum Gasteiger partial charge on any atom is -0.481 e. The maximum atomic E-state index is 6.12. The van der Waals surface area contributed by atoms with Crippen molar-refractivity contribution in [1.29, 1.82) is 0 Å². The van der Waals surface area contributed by atoms with Gasteiger partial charge in [0.1, 0.15) is 0 Å². The number of aryl methyl sites for hydroxylation is 2. The standard InChI is InChI=1S/C17H17ClN2O/c1-4-11-5-6-15-13(7-11)16(10(2)20-15)14-8-12(18)9-19-17(14)21-3/h5-9,20H,4H2,1-3H3. The van der Waals surface area contributed by atoms with Gasteiger partial charge in [-0.3, -0.25) is 0 Å². The van der Waals surface area contributed by atoms with E-state index in [0.29, 0.717) is 10.9 Å². The summed E-state index contributed by atoms with van der Waals surface area (Å²) in [5.41, 5.74) is 5.52. The van der Waals surface area contributed by atoms with E-state index in [1.165, 1.54) is 10.9 Å². The van der Waals surface area contributed by atoms with E-state index in [1.807, 2.05) is 6.07 Å². The summed E-state index contributed by atoms with van der Waals surface area (Å²) in [5.74, 6) is 0.588. The van der Waals surface area contributed by atoms with Gasteiger partial charge in [0.15, 0.2) is 0 Å². The van der Waals surface area contributed by atoms with Crippen LogP contribution in [0.1, 0.15) is 18.2 Å². The van der Waals surface area contributed by atoms with Crippen LogP contribution in [-0.4, -0.2) is 17.1 Å². The van der Waals surface area contributed by atoms with Gasteiger partial charge in [0, 0.05) is 33.9 Å². The Morgan fingerprint density at radius 3 is 2.81 bits per heavy atom. The van der Waals surface area contributed by atoms with Gasteiger partial charge in [-0.1, -0.05) is 24.6 Å². The van der Waals surface area contributed by atoms with Gasteiger partial charge in [0.05, 0.1) is 12.1 Å². The van der Waals surface area contributed by atoms with E-state index in [4.69, 9.17) is 16.3 Å². The number of benzene rings is 1. The van der Waals surface area contributed by atoms with Gasteiger partial charge in [-0.25, -0.2) is 4.98 Å². The van der Waals surface area contributed by atoms with Crippen molar-refractivity contribution in [3.05, 3.63) is 46.7 Å². The van der Waals surface area contributed by atoms with E-state index in [0.717, 1.165) is 28.8 Å². The molecule has 0 bridgehead atoms. The third-order valence-corrected chi connectivity index (χ3v) is 3.95. The molecule has 0 unspecified atom stereocenters. The van der Waals surface area contributed by atoms with Crippen LogP contribution in [0, 0.1) is 6.92 Å². The fourth-order valence-corrected chi connectivity index (χ4v) is 2.87. The van der Waals surface area contributed by atoms with Crippen molar-refractivity contribution in [2.75, 3.05) is 7.11 Å². The molecule has 0 aliphatic carbocycles. The number of hydrogen-bond acceptors (Lipinski definition) is 2. The smallest absolute Gasteiger partial charge is 0.221 e. The fourth-order valence-electron chi connectivity index (χ4n) is 2.71. The van der Waals surface area contributed by atoms with Crippen molar-refractivity contribution in [3.63, 3.8) is 0 Å². The van der Waals surface area contributed by atoms with Crippen molar-refractivity contribution in [3.8, 4) is 17.0 Å². The maximum Gasteiger partial charge on any atom is 0.221 e. The van der Waals surface area contributed by atoms with E-state index in [1.54, 1.807) is 13.3 Å². The third kappa shape index (κ3) is 2.38. The third-order valence-electron chi connectivity index (χ3n) is 3.74. The van der Waals surface area contributed by atoms with Crippen molar-refractivity contribution < 1.29 is 4.74 Å². The predicted octanol–water partition coefficient (Wildman–Crippen LogP) is 4.76. The summed E-state index contributed by atoms with van der Waals surface area (Å²) < 4.78 is 5.40. The zero-order valence-electron chi connectivity index (χ0n) is 12.3. The number of nitrogens with zero attached hydrogens (tertiary/aromatic N) is 1. The van der Waals surface area contributed by atoms with Crippen LogP contribution >= 0.6 is 11.6 Å². The first kappa shape index (κ1) is 14.0. The monoisotopic (exact) mass is 300 g/mol. The average molecular weight is 301 g/mol. The second-order valence-electron chi connectivity index (χ2n) is 5.07. The first-order valence-electron chi connectivity index (χ1n) is 6.95. The average Bonchev–Trinajstić information content (AvgIpc) is 2.81.